The zero-order valence-electron chi connectivity index (χ0n) is 26.6. The molecule has 45 heavy (non-hydrogen) atoms. The molecule has 2 aliphatic rings. The van der Waals surface area contributed by atoms with E-state index in [1.165, 1.54) is 29.7 Å². The van der Waals surface area contributed by atoms with E-state index in [4.69, 9.17) is 14.5 Å². The minimum absolute atomic E-state index is 0.358. The summed E-state index contributed by atoms with van der Waals surface area (Å²) in [6, 6.07) is 10.0. The highest BCUT2D eigenvalue weighted by Crippen LogP contribution is 2.38. The summed E-state index contributed by atoms with van der Waals surface area (Å²) in [5.74, 6) is 2.05. The maximum atomic E-state index is 12.4. The van der Waals surface area contributed by atoms with Gasteiger partial charge in [0, 0.05) is 76.4 Å². The van der Waals surface area contributed by atoms with E-state index < -0.39 is 10.0 Å². The molecule has 2 saturated heterocycles. The first-order chi connectivity index (χ1) is 21.6. The van der Waals surface area contributed by atoms with Gasteiger partial charge in [-0.3, -0.25) is 9.21 Å². The van der Waals surface area contributed by atoms with E-state index in [1.807, 2.05) is 0 Å². The number of hydrogen-bond acceptors (Lipinski definition) is 11. The van der Waals surface area contributed by atoms with Crippen LogP contribution in [0.4, 0.5) is 34.5 Å². The summed E-state index contributed by atoms with van der Waals surface area (Å²) >= 11 is 3.53. The number of piperidine rings is 1. The Morgan fingerprint density at radius 2 is 1.78 bits per heavy atom. The second-order valence-corrected chi connectivity index (χ2v) is 14.2. The summed E-state index contributed by atoms with van der Waals surface area (Å²) < 4.78 is 37.7. The Bertz CT molecular complexity index is 1590. The van der Waals surface area contributed by atoms with Crippen LogP contribution >= 0.6 is 15.9 Å². The molecule has 3 N–H and O–H groups in total. The number of sulfonamides is 1. The SMILES string of the molecule is CCc1cc(Nc2ncc(Br)c(Nc3ccc(OC)cc3N(C)S(C)(=O)=O)n2)c(OC)cc1N1CCC(N2CCNCC2)CC1. The molecule has 1 aromatic heterocycles. The average molecular weight is 704 g/mol. The third kappa shape index (κ3) is 7.74. The van der Waals surface area contributed by atoms with Crippen molar-refractivity contribution in [1.29, 1.82) is 0 Å². The Morgan fingerprint density at radius 3 is 2.42 bits per heavy atom. The van der Waals surface area contributed by atoms with Gasteiger partial charge in [-0.15, -0.1) is 0 Å². The van der Waals surface area contributed by atoms with Gasteiger partial charge in [-0.2, -0.15) is 4.98 Å². The number of nitrogens with zero attached hydrogens (tertiary/aromatic N) is 5. The maximum Gasteiger partial charge on any atom is 0.232 e. The van der Waals surface area contributed by atoms with Crippen LogP contribution in [0.3, 0.4) is 0 Å². The predicted octanol–water partition coefficient (Wildman–Crippen LogP) is 4.58. The Labute approximate surface area is 274 Å². The molecule has 0 saturated carbocycles. The van der Waals surface area contributed by atoms with Crippen molar-refractivity contribution in [1.82, 2.24) is 20.2 Å². The van der Waals surface area contributed by atoms with Crippen molar-refractivity contribution in [2.45, 2.75) is 32.2 Å². The van der Waals surface area contributed by atoms with Crippen LogP contribution in [0, 0.1) is 0 Å². The zero-order valence-corrected chi connectivity index (χ0v) is 29.0. The molecule has 0 bridgehead atoms. The van der Waals surface area contributed by atoms with E-state index in [9.17, 15) is 8.42 Å². The average Bonchev–Trinajstić information content (AvgIpc) is 3.06. The van der Waals surface area contributed by atoms with Crippen molar-refractivity contribution in [3.8, 4) is 11.5 Å². The number of methoxy groups -OCH3 is 2. The first kappa shape index (κ1) is 33.0. The number of halogens is 1. The molecule has 5 rings (SSSR count). The first-order valence-electron chi connectivity index (χ1n) is 15.2. The molecule has 0 amide bonds. The molecule has 0 spiro atoms. The topological polar surface area (TPSA) is 124 Å². The Morgan fingerprint density at radius 1 is 1.04 bits per heavy atom. The van der Waals surface area contributed by atoms with Gasteiger partial charge in [0.15, 0.2) is 0 Å². The Kier molecular flexibility index (Phi) is 10.6. The monoisotopic (exact) mass is 702 g/mol. The molecule has 0 radical (unpaired) electrons. The first-order valence-corrected chi connectivity index (χ1v) is 17.8. The lowest BCUT2D eigenvalue weighted by Gasteiger charge is -2.41. The van der Waals surface area contributed by atoms with Gasteiger partial charge in [0.05, 0.1) is 42.0 Å². The third-order valence-electron chi connectivity index (χ3n) is 8.54. The van der Waals surface area contributed by atoms with Crippen molar-refractivity contribution in [2.24, 2.45) is 0 Å². The molecule has 2 aliphatic heterocycles. The lowest BCUT2D eigenvalue weighted by molar-refractivity contribution is 0.150. The fraction of sp³-hybridized carbons (Fsp3) is 0.484. The number of piperazine rings is 1. The van der Waals surface area contributed by atoms with Crippen LogP contribution in [0.15, 0.2) is 41.0 Å². The van der Waals surface area contributed by atoms with E-state index in [2.05, 4.69) is 65.7 Å². The van der Waals surface area contributed by atoms with Gasteiger partial charge >= 0.3 is 0 Å². The van der Waals surface area contributed by atoms with Crippen LogP contribution in [0.2, 0.25) is 0 Å². The minimum atomic E-state index is -3.53. The number of hydrogen-bond donors (Lipinski definition) is 3. The van der Waals surface area contributed by atoms with E-state index in [0.29, 0.717) is 45.2 Å². The fourth-order valence-corrected chi connectivity index (χ4v) is 6.72. The Hall–Kier alpha value is -3.33. The van der Waals surface area contributed by atoms with Crippen molar-refractivity contribution in [2.75, 3.05) is 86.6 Å². The summed E-state index contributed by atoms with van der Waals surface area (Å²) in [4.78, 5) is 14.3. The zero-order chi connectivity index (χ0) is 32.1. The molecule has 0 atom stereocenters. The second kappa shape index (κ2) is 14.4. The van der Waals surface area contributed by atoms with Crippen molar-refractivity contribution >= 4 is 60.5 Å². The van der Waals surface area contributed by atoms with Gasteiger partial charge in [0.25, 0.3) is 0 Å². The summed E-state index contributed by atoms with van der Waals surface area (Å²) in [6.07, 6.45) is 5.98. The van der Waals surface area contributed by atoms with E-state index >= 15 is 0 Å². The smallest absolute Gasteiger partial charge is 0.232 e. The second-order valence-electron chi connectivity index (χ2n) is 11.3. The number of aryl methyl sites for hydroxylation is 1. The maximum absolute atomic E-state index is 12.4. The lowest BCUT2D eigenvalue weighted by Crippen LogP contribution is -2.52. The Balaban J connectivity index is 1.37. The van der Waals surface area contributed by atoms with Crippen molar-refractivity contribution in [3.63, 3.8) is 0 Å². The van der Waals surface area contributed by atoms with Crippen LogP contribution in [0.5, 0.6) is 11.5 Å². The fourth-order valence-electron chi connectivity index (χ4n) is 5.92. The van der Waals surface area contributed by atoms with Gasteiger partial charge in [-0.25, -0.2) is 13.4 Å². The van der Waals surface area contributed by atoms with E-state index in [1.54, 1.807) is 31.5 Å². The van der Waals surface area contributed by atoms with Crippen LogP contribution in [-0.4, -0.2) is 96.1 Å². The van der Waals surface area contributed by atoms with Gasteiger partial charge in [0.2, 0.25) is 16.0 Å². The minimum Gasteiger partial charge on any atom is -0.497 e. The highest BCUT2D eigenvalue weighted by molar-refractivity contribution is 9.10. The van der Waals surface area contributed by atoms with Gasteiger partial charge in [0.1, 0.15) is 17.3 Å². The standard InChI is InChI=1S/C31H43BrN8O4S/c1-6-21-17-26(29(44-4)19-27(21)40-13-9-22(10-14-40)39-15-11-33-12-16-39)36-31-34-20-24(32)30(37-31)35-25-8-7-23(43-3)18-28(25)38(2)45(5,41)42/h7-8,17-20,22,33H,6,9-16H2,1-5H3,(H2,34,35,36,37). The summed E-state index contributed by atoms with van der Waals surface area (Å²) in [6.45, 7) is 8.62. The van der Waals surface area contributed by atoms with Crippen LogP contribution < -0.4 is 34.6 Å². The van der Waals surface area contributed by atoms with E-state index in [0.717, 1.165) is 70.5 Å². The number of nitrogens with one attached hydrogen (secondary N) is 3. The number of ether oxygens (including phenoxy) is 2. The summed E-state index contributed by atoms with van der Waals surface area (Å²) in [7, 11) is 1.17. The van der Waals surface area contributed by atoms with Crippen molar-refractivity contribution in [3.05, 3.63) is 46.6 Å². The van der Waals surface area contributed by atoms with E-state index in [-0.39, 0.29) is 0 Å². The number of benzene rings is 2. The molecular weight excluding hydrogens is 660 g/mol. The molecule has 12 nitrogen and oxygen atoms in total. The normalized spacial score (nSPS) is 16.4. The highest BCUT2D eigenvalue weighted by atomic mass is 79.9. The molecule has 14 heteroatoms. The molecule has 244 valence electrons. The molecule has 3 aromatic rings. The molecule has 2 aromatic carbocycles. The number of aromatic nitrogens is 2. The largest absolute Gasteiger partial charge is 0.497 e. The lowest BCUT2D eigenvalue weighted by atomic mass is 9.99. The van der Waals surface area contributed by atoms with Crippen LogP contribution in [0.25, 0.3) is 0 Å². The molecule has 0 unspecified atom stereocenters. The molecule has 3 heterocycles. The number of rotatable bonds is 11. The number of anilines is 6. The molecule has 2 fully saturated rings. The summed E-state index contributed by atoms with van der Waals surface area (Å²) in [5.41, 5.74) is 4.15. The van der Waals surface area contributed by atoms with Crippen molar-refractivity contribution < 1.29 is 17.9 Å². The van der Waals surface area contributed by atoms with Gasteiger partial charge in [-0.05, 0) is 59.0 Å². The predicted molar refractivity (Wildman–Crippen MR) is 185 cm³/mol. The highest BCUT2D eigenvalue weighted by Gasteiger charge is 2.27. The molecular formula is C31H43BrN8O4S. The third-order valence-corrected chi connectivity index (χ3v) is 10.3. The summed E-state index contributed by atoms with van der Waals surface area (Å²) in [5, 5.41) is 10.1. The molecule has 0 aliphatic carbocycles. The van der Waals surface area contributed by atoms with Gasteiger partial charge < -0.3 is 30.3 Å². The van der Waals surface area contributed by atoms with Crippen LogP contribution in [-0.2, 0) is 16.4 Å². The van der Waals surface area contributed by atoms with Crippen LogP contribution in [0.1, 0.15) is 25.3 Å². The van der Waals surface area contributed by atoms with Gasteiger partial charge in [-0.1, -0.05) is 6.92 Å². The quantitative estimate of drug-likeness (QED) is 0.260.